The van der Waals surface area contributed by atoms with Gasteiger partial charge in [-0.2, -0.15) is 0 Å². The number of ether oxygens (including phenoxy) is 2. The van der Waals surface area contributed by atoms with Crippen LogP contribution in [0.4, 0.5) is 0 Å². The molecule has 1 rings (SSSR count). The van der Waals surface area contributed by atoms with Crippen molar-refractivity contribution in [2.75, 3.05) is 14.2 Å². The Bertz CT molecular complexity index is 251. The maximum Gasteiger partial charge on any atom is 0.323 e. The summed E-state index contributed by atoms with van der Waals surface area (Å²) in [4.78, 5) is 23.1. The molecule has 0 bridgehead atoms. The third-order valence-electron chi connectivity index (χ3n) is 2.52. The lowest BCUT2D eigenvalue weighted by Gasteiger charge is -2.28. The summed E-state index contributed by atoms with van der Waals surface area (Å²) in [5.41, 5.74) is -1.11. The molecule has 1 aliphatic carbocycles. The lowest BCUT2D eigenvalue weighted by atomic mass is 9.77. The summed E-state index contributed by atoms with van der Waals surface area (Å²) in [5.74, 6) is -1.01. The molecule has 0 spiro atoms. The highest BCUT2D eigenvalue weighted by Gasteiger charge is 2.47. The van der Waals surface area contributed by atoms with Crippen LogP contribution < -0.4 is 0 Å². The number of hydrogen-bond acceptors (Lipinski definition) is 4. The van der Waals surface area contributed by atoms with E-state index in [1.165, 1.54) is 14.2 Å². The van der Waals surface area contributed by atoms with E-state index < -0.39 is 17.4 Å². The second-order valence-electron chi connectivity index (χ2n) is 3.28. The molecule has 4 heteroatoms. The minimum absolute atomic E-state index is 0.367. The Kier molecular flexibility index (Phi) is 3.28. The molecule has 0 aliphatic heterocycles. The van der Waals surface area contributed by atoms with Crippen LogP contribution in [0.25, 0.3) is 0 Å². The number of carbonyl (C=O) groups is 2. The number of carbonyl (C=O) groups excluding carboxylic acids is 2. The number of hydrogen-bond donors (Lipinski definition) is 0. The molecule has 0 N–H and O–H groups in total. The highest BCUT2D eigenvalue weighted by Crippen LogP contribution is 2.35. The molecule has 0 aromatic carbocycles. The second kappa shape index (κ2) is 4.26. The van der Waals surface area contributed by atoms with Crippen LogP contribution in [-0.2, 0) is 19.1 Å². The Morgan fingerprint density at radius 3 is 2.07 bits per heavy atom. The Morgan fingerprint density at radius 2 is 1.71 bits per heavy atom. The van der Waals surface area contributed by atoms with Gasteiger partial charge in [-0.25, -0.2) is 0 Å². The van der Waals surface area contributed by atoms with Gasteiger partial charge in [0.2, 0.25) is 0 Å². The first kappa shape index (κ1) is 10.8. The minimum atomic E-state index is -1.11. The molecule has 78 valence electrons. The van der Waals surface area contributed by atoms with Gasteiger partial charge in [-0.05, 0) is 19.3 Å². The summed E-state index contributed by atoms with van der Waals surface area (Å²) >= 11 is 0. The van der Waals surface area contributed by atoms with Gasteiger partial charge in [-0.3, -0.25) is 9.59 Å². The van der Waals surface area contributed by atoms with Gasteiger partial charge in [0.05, 0.1) is 14.2 Å². The van der Waals surface area contributed by atoms with E-state index >= 15 is 0 Å². The smallest absolute Gasteiger partial charge is 0.323 e. The molecule has 0 fully saturated rings. The van der Waals surface area contributed by atoms with Gasteiger partial charge in [-0.1, -0.05) is 12.2 Å². The van der Waals surface area contributed by atoms with E-state index in [0.29, 0.717) is 19.3 Å². The Balaban J connectivity index is 2.95. The van der Waals surface area contributed by atoms with E-state index in [4.69, 9.17) is 0 Å². The van der Waals surface area contributed by atoms with E-state index in [1.807, 2.05) is 12.2 Å². The fraction of sp³-hybridized carbons (Fsp3) is 0.600. The van der Waals surface area contributed by atoms with E-state index in [1.54, 1.807) is 0 Å². The van der Waals surface area contributed by atoms with Gasteiger partial charge >= 0.3 is 11.9 Å². The quantitative estimate of drug-likeness (QED) is 0.378. The molecule has 4 nitrogen and oxygen atoms in total. The van der Waals surface area contributed by atoms with Crippen LogP contribution >= 0.6 is 0 Å². The lowest BCUT2D eigenvalue weighted by Crippen LogP contribution is -2.41. The third-order valence-corrected chi connectivity index (χ3v) is 2.52. The van der Waals surface area contributed by atoms with Crippen LogP contribution in [0.5, 0.6) is 0 Å². The molecule has 0 aromatic heterocycles. The van der Waals surface area contributed by atoms with Crippen molar-refractivity contribution in [3.63, 3.8) is 0 Å². The molecule has 0 heterocycles. The van der Waals surface area contributed by atoms with Crippen LogP contribution in [0.15, 0.2) is 12.2 Å². The highest BCUT2D eigenvalue weighted by atomic mass is 16.5. The molecular formula is C10H14O4. The highest BCUT2D eigenvalue weighted by molar-refractivity contribution is 6.00. The monoisotopic (exact) mass is 198 g/mol. The molecule has 0 radical (unpaired) electrons. The summed E-state index contributed by atoms with van der Waals surface area (Å²) in [5, 5.41) is 0. The van der Waals surface area contributed by atoms with Crippen molar-refractivity contribution in [3.05, 3.63) is 12.2 Å². The van der Waals surface area contributed by atoms with Gasteiger partial charge in [0.15, 0.2) is 5.41 Å². The normalized spacial score (nSPS) is 18.7. The average Bonchev–Trinajstić information content (AvgIpc) is 2.27. The topological polar surface area (TPSA) is 52.6 Å². The van der Waals surface area contributed by atoms with Crippen LogP contribution in [0, 0.1) is 5.41 Å². The number of methoxy groups -OCH3 is 2. The first-order valence-corrected chi connectivity index (χ1v) is 4.49. The van der Waals surface area contributed by atoms with Gasteiger partial charge in [0, 0.05) is 0 Å². The Labute approximate surface area is 82.9 Å². The zero-order valence-corrected chi connectivity index (χ0v) is 8.41. The molecule has 0 unspecified atom stereocenters. The third kappa shape index (κ3) is 1.64. The number of allylic oxidation sites excluding steroid dienone is 2. The summed E-state index contributed by atoms with van der Waals surface area (Å²) in [6.07, 6.45) is 5.29. The van der Waals surface area contributed by atoms with Crippen molar-refractivity contribution in [2.24, 2.45) is 5.41 Å². The minimum Gasteiger partial charge on any atom is -0.468 e. The van der Waals surface area contributed by atoms with Crippen LogP contribution in [0.3, 0.4) is 0 Å². The predicted molar refractivity (Wildman–Crippen MR) is 49.5 cm³/mol. The summed E-state index contributed by atoms with van der Waals surface area (Å²) < 4.78 is 9.28. The molecule has 0 amide bonds. The van der Waals surface area contributed by atoms with E-state index in [0.717, 1.165) is 0 Å². The molecule has 14 heavy (non-hydrogen) atoms. The average molecular weight is 198 g/mol. The molecular weight excluding hydrogens is 184 g/mol. The summed E-state index contributed by atoms with van der Waals surface area (Å²) in [6.45, 7) is 0. The van der Waals surface area contributed by atoms with Crippen molar-refractivity contribution in [1.82, 2.24) is 0 Å². The van der Waals surface area contributed by atoms with Gasteiger partial charge in [-0.15, -0.1) is 0 Å². The van der Waals surface area contributed by atoms with Crippen molar-refractivity contribution in [3.8, 4) is 0 Å². The molecule has 1 aliphatic rings. The molecule has 0 saturated carbocycles. The van der Waals surface area contributed by atoms with E-state index in [9.17, 15) is 9.59 Å². The first-order valence-electron chi connectivity index (χ1n) is 4.49. The zero-order valence-electron chi connectivity index (χ0n) is 8.41. The van der Waals surface area contributed by atoms with Crippen molar-refractivity contribution >= 4 is 11.9 Å². The standard InChI is InChI=1S/C10H14O4/c1-13-8(11)10(9(12)14-2)6-4-3-5-7-10/h3-4H,5-7H2,1-2H3. The van der Waals surface area contributed by atoms with Crippen molar-refractivity contribution in [1.29, 1.82) is 0 Å². The SMILES string of the molecule is COC(=O)C1(C(=O)OC)CC=CCC1. The zero-order chi connectivity index (χ0) is 10.6. The van der Waals surface area contributed by atoms with Gasteiger partial charge in [0.1, 0.15) is 0 Å². The van der Waals surface area contributed by atoms with E-state index in [2.05, 4.69) is 9.47 Å². The molecule has 0 aromatic rings. The van der Waals surface area contributed by atoms with Crippen molar-refractivity contribution in [2.45, 2.75) is 19.3 Å². The van der Waals surface area contributed by atoms with Crippen LogP contribution in [0.2, 0.25) is 0 Å². The fourth-order valence-electron chi connectivity index (χ4n) is 1.68. The maximum absolute atomic E-state index is 11.5. The molecule has 0 atom stereocenters. The van der Waals surface area contributed by atoms with Crippen molar-refractivity contribution < 1.29 is 19.1 Å². The largest absolute Gasteiger partial charge is 0.468 e. The van der Waals surface area contributed by atoms with Gasteiger partial charge in [0.25, 0.3) is 0 Å². The maximum atomic E-state index is 11.5. The Hall–Kier alpha value is -1.32. The lowest BCUT2D eigenvalue weighted by molar-refractivity contribution is -0.169. The molecule has 0 saturated heterocycles. The number of esters is 2. The second-order valence-corrected chi connectivity index (χ2v) is 3.28. The summed E-state index contributed by atoms with van der Waals surface area (Å²) in [6, 6.07) is 0. The number of rotatable bonds is 2. The van der Waals surface area contributed by atoms with Crippen LogP contribution in [0.1, 0.15) is 19.3 Å². The Morgan fingerprint density at radius 1 is 1.14 bits per heavy atom. The predicted octanol–water partition coefficient (Wildman–Crippen LogP) is 1.06. The first-order chi connectivity index (χ1) is 6.67. The van der Waals surface area contributed by atoms with E-state index in [-0.39, 0.29) is 0 Å². The van der Waals surface area contributed by atoms with Gasteiger partial charge < -0.3 is 9.47 Å². The summed E-state index contributed by atoms with van der Waals surface area (Å²) in [7, 11) is 2.57. The van der Waals surface area contributed by atoms with Crippen LogP contribution in [-0.4, -0.2) is 26.2 Å². The fourth-order valence-corrected chi connectivity index (χ4v) is 1.68.